The average Bonchev–Trinajstić information content (AvgIpc) is 2.86. The van der Waals surface area contributed by atoms with Gasteiger partial charge in [-0.05, 0) is 24.3 Å². The molecule has 2 rings (SSSR count). The monoisotopic (exact) mass is 328 g/mol. The summed E-state index contributed by atoms with van der Waals surface area (Å²) >= 11 is 0. The van der Waals surface area contributed by atoms with Crippen LogP contribution in [0.15, 0.2) is 17.2 Å². The number of sulfonamides is 1. The third-order valence-corrected chi connectivity index (χ3v) is 6.15. The average molecular weight is 328 g/mol. The van der Waals surface area contributed by atoms with E-state index in [9.17, 15) is 13.2 Å². The number of esters is 1. The number of hydrogen-bond acceptors (Lipinski definition) is 4. The van der Waals surface area contributed by atoms with Crippen molar-refractivity contribution in [3.63, 3.8) is 0 Å². The molecule has 0 spiro atoms. The van der Waals surface area contributed by atoms with E-state index in [1.165, 1.54) is 23.9 Å². The molecule has 0 saturated heterocycles. The molecular formula is C15H24N2O4S. The van der Waals surface area contributed by atoms with E-state index < -0.39 is 16.0 Å². The highest BCUT2D eigenvalue weighted by molar-refractivity contribution is 7.89. The minimum Gasteiger partial charge on any atom is -0.464 e. The molecule has 3 unspecified atom stereocenters. The van der Waals surface area contributed by atoms with Gasteiger partial charge in [-0.2, -0.15) is 0 Å². The van der Waals surface area contributed by atoms with Crippen molar-refractivity contribution in [1.82, 2.24) is 9.29 Å². The molecule has 1 N–H and O–H groups in total. The Morgan fingerprint density at radius 2 is 2.05 bits per heavy atom. The Bertz CT molecular complexity index is 650. The predicted octanol–water partition coefficient (Wildman–Crippen LogP) is 1.91. The third-order valence-electron chi connectivity index (χ3n) is 4.70. The van der Waals surface area contributed by atoms with Crippen molar-refractivity contribution >= 4 is 16.0 Å². The maximum atomic E-state index is 12.6. The first-order chi connectivity index (χ1) is 10.3. The lowest BCUT2D eigenvalue weighted by Crippen LogP contribution is -2.43. The van der Waals surface area contributed by atoms with Gasteiger partial charge in [0, 0.05) is 19.3 Å². The van der Waals surface area contributed by atoms with Gasteiger partial charge in [-0.1, -0.05) is 26.7 Å². The van der Waals surface area contributed by atoms with Crippen molar-refractivity contribution in [2.45, 2.75) is 44.0 Å². The highest BCUT2D eigenvalue weighted by Gasteiger charge is 2.31. The van der Waals surface area contributed by atoms with Crippen molar-refractivity contribution in [3.8, 4) is 0 Å². The van der Waals surface area contributed by atoms with Gasteiger partial charge >= 0.3 is 5.97 Å². The smallest absolute Gasteiger partial charge is 0.354 e. The van der Waals surface area contributed by atoms with Crippen LogP contribution < -0.4 is 4.72 Å². The second-order valence-corrected chi connectivity index (χ2v) is 7.87. The van der Waals surface area contributed by atoms with Crippen molar-refractivity contribution < 1.29 is 17.9 Å². The van der Waals surface area contributed by atoms with Crippen LogP contribution in [0.3, 0.4) is 0 Å². The van der Waals surface area contributed by atoms with E-state index in [-0.39, 0.29) is 16.6 Å². The van der Waals surface area contributed by atoms with Crippen LogP contribution in [0.25, 0.3) is 0 Å². The number of ether oxygens (including phenoxy) is 1. The zero-order valence-corrected chi connectivity index (χ0v) is 14.3. The molecule has 124 valence electrons. The Hall–Kier alpha value is -1.34. The van der Waals surface area contributed by atoms with Crippen LogP contribution in [-0.4, -0.2) is 32.1 Å². The molecule has 0 amide bonds. The summed E-state index contributed by atoms with van der Waals surface area (Å²) in [5.41, 5.74) is 0.216. The molecule has 3 atom stereocenters. The number of carbonyl (C=O) groups excluding carboxylic acids is 1. The first kappa shape index (κ1) is 17.0. The molecule has 1 heterocycles. The predicted molar refractivity (Wildman–Crippen MR) is 83.0 cm³/mol. The molecule has 7 heteroatoms. The summed E-state index contributed by atoms with van der Waals surface area (Å²) < 4.78 is 34.0. The summed E-state index contributed by atoms with van der Waals surface area (Å²) in [6.45, 7) is 4.24. The van der Waals surface area contributed by atoms with Crippen molar-refractivity contribution in [2.75, 3.05) is 7.11 Å². The molecule has 1 aliphatic carbocycles. The number of methoxy groups -OCH3 is 1. The molecule has 1 fully saturated rings. The zero-order chi connectivity index (χ0) is 16.5. The van der Waals surface area contributed by atoms with Gasteiger partial charge in [-0.15, -0.1) is 0 Å². The Morgan fingerprint density at radius 3 is 2.68 bits per heavy atom. The normalized spacial score (nSPS) is 25.9. The Labute approximate surface area is 131 Å². The van der Waals surface area contributed by atoms with E-state index in [0.29, 0.717) is 11.8 Å². The third kappa shape index (κ3) is 3.35. The molecule has 6 nitrogen and oxygen atoms in total. The fraction of sp³-hybridized carbons (Fsp3) is 0.667. The number of nitrogens with zero attached hydrogens (tertiary/aromatic N) is 1. The number of nitrogens with one attached hydrogen (secondary N) is 1. The van der Waals surface area contributed by atoms with E-state index in [0.717, 1.165) is 19.3 Å². The zero-order valence-electron chi connectivity index (χ0n) is 13.5. The van der Waals surface area contributed by atoms with Crippen molar-refractivity contribution in [1.29, 1.82) is 0 Å². The number of aryl methyl sites for hydroxylation is 1. The van der Waals surface area contributed by atoms with Gasteiger partial charge in [0.05, 0.1) is 7.11 Å². The van der Waals surface area contributed by atoms with Crippen LogP contribution in [0.1, 0.15) is 43.6 Å². The Balaban J connectivity index is 2.22. The molecule has 0 aromatic carbocycles. The van der Waals surface area contributed by atoms with Gasteiger partial charge in [-0.3, -0.25) is 0 Å². The SMILES string of the molecule is COC(=O)c1cc(S(=O)(=O)NC2CCCC(C)C2C)cn1C. The summed E-state index contributed by atoms with van der Waals surface area (Å²) in [5.74, 6) is 0.249. The highest BCUT2D eigenvalue weighted by Crippen LogP contribution is 2.30. The number of carbonyl (C=O) groups is 1. The Kier molecular flexibility index (Phi) is 4.97. The largest absolute Gasteiger partial charge is 0.464 e. The van der Waals surface area contributed by atoms with Crippen LogP contribution in [0.4, 0.5) is 0 Å². The minimum atomic E-state index is -3.64. The van der Waals surface area contributed by atoms with Gasteiger partial charge in [0.1, 0.15) is 10.6 Å². The van der Waals surface area contributed by atoms with E-state index >= 15 is 0 Å². The summed E-state index contributed by atoms with van der Waals surface area (Å²) in [6, 6.07) is 1.29. The van der Waals surface area contributed by atoms with Gasteiger partial charge in [0.2, 0.25) is 10.0 Å². The second kappa shape index (κ2) is 6.42. The van der Waals surface area contributed by atoms with Crippen LogP contribution in [-0.2, 0) is 21.8 Å². The molecule has 1 saturated carbocycles. The molecule has 22 heavy (non-hydrogen) atoms. The maximum Gasteiger partial charge on any atom is 0.354 e. The van der Waals surface area contributed by atoms with Crippen LogP contribution in [0.2, 0.25) is 0 Å². The lowest BCUT2D eigenvalue weighted by atomic mass is 9.78. The maximum absolute atomic E-state index is 12.6. The summed E-state index contributed by atoms with van der Waals surface area (Å²) in [5, 5.41) is 0. The van der Waals surface area contributed by atoms with Crippen molar-refractivity contribution in [2.24, 2.45) is 18.9 Å². The number of aromatic nitrogens is 1. The molecule has 1 aliphatic rings. The van der Waals surface area contributed by atoms with Gasteiger partial charge in [0.25, 0.3) is 0 Å². The molecule has 0 radical (unpaired) electrons. The van der Waals surface area contributed by atoms with Crippen LogP contribution >= 0.6 is 0 Å². The van der Waals surface area contributed by atoms with Gasteiger partial charge < -0.3 is 9.30 Å². The fourth-order valence-corrected chi connectivity index (χ4v) is 4.44. The summed E-state index contributed by atoms with van der Waals surface area (Å²) in [6.07, 6.45) is 4.45. The molecule has 1 aromatic rings. The van der Waals surface area contributed by atoms with E-state index in [1.54, 1.807) is 7.05 Å². The Morgan fingerprint density at radius 1 is 1.36 bits per heavy atom. The van der Waals surface area contributed by atoms with Crippen LogP contribution in [0.5, 0.6) is 0 Å². The van der Waals surface area contributed by atoms with Gasteiger partial charge in [0.15, 0.2) is 0 Å². The molecule has 0 aliphatic heterocycles. The van der Waals surface area contributed by atoms with Crippen molar-refractivity contribution in [3.05, 3.63) is 18.0 Å². The highest BCUT2D eigenvalue weighted by atomic mass is 32.2. The summed E-state index contributed by atoms with van der Waals surface area (Å²) in [4.78, 5) is 11.7. The number of rotatable bonds is 4. The fourth-order valence-electron chi connectivity index (χ4n) is 3.00. The standard InChI is InChI=1S/C15H24N2O4S/c1-10-6-5-7-13(11(10)2)16-22(19,20)12-8-14(15(18)21-4)17(3)9-12/h8-11,13,16H,5-7H2,1-4H3. The molecular weight excluding hydrogens is 304 g/mol. The van der Waals surface area contributed by atoms with E-state index in [1.807, 2.05) is 0 Å². The quantitative estimate of drug-likeness (QED) is 0.857. The molecule has 1 aromatic heterocycles. The minimum absolute atomic E-state index is 0.0597. The summed E-state index contributed by atoms with van der Waals surface area (Å²) in [7, 11) is -0.746. The van der Waals surface area contributed by atoms with Gasteiger partial charge in [-0.25, -0.2) is 17.9 Å². The number of hydrogen-bond donors (Lipinski definition) is 1. The molecule has 0 bridgehead atoms. The lowest BCUT2D eigenvalue weighted by molar-refractivity contribution is 0.0590. The lowest BCUT2D eigenvalue weighted by Gasteiger charge is -2.34. The topological polar surface area (TPSA) is 77.4 Å². The first-order valence-corrected chi connectivity index (χ1v) is 9.01. The second-order valence-electron chi connectivity index (χ2n) is 6.16. The van der Waals surface area contributed by atoms with E-state index in [4.69, 9.17) is 0 Å². The van der Waals surface area contributed by atoms with Crippen LogP contribution in [0, 0.1) is 11.8 Å². The van der Waals surface area contributed by atoms with E-state index in [2.05, 4.69) is 23.3 Å². The first-order valence-electron chi connectivity index (χ1n) is 7.53.